The molecule has 0 aromatic carbocycles. The third kappa shape index (κ3) is 9.05. The molecule has 142 valence electrons. The Morgan fingerprint density at radius 1 is 1.29 bits per heavy atom. The summed E-state index contributed by atoms with van der Waals surface area (Å²) >= 11 is 0. The number of carbonyl (C=O) groups is 1. The molecular weight excluding hydrogens is 419 g/mol. The Morgan fingerprint density at radius 2 is 2.00 bits per heavy atom. The summed E-state index contributed by atoms with van der Waals surface area (Å²) in [4.78, 5) is 16.7. The van der Waals surface area contributed by atoms with E-state index in [1.165, 1.54) is 0 Å². The quantitative estimate of drug-likeness (QED) is 0.269. The van der Waals surface area contributed by atoms with Crippen molar-refractivity contribution in [3.05, 3.63) is 0 Å². The Hall–Kier alpha value is -0.570. The van der Waals surface area contributed by atoms with Crippen molar-refractivity contribution in [2.75, 3.05) is 19.7 Å². The molecule has 3 unspecified atom stereocenters. The molecule has 0 aliphatic heterocycles. The Morgan fingerprint density at radius 3 is 2.58 bits per heavy atom. The summed E-state index contributed by atoms with van der Waals surface area (Å²) in [6.07, 6.45) is 3.93. The fourth-order valence-corrected chi connectivity index (χ4v) is 2.78. The van der Waals surface area contributed by atoms with E-state index in [2.05, 4.69) is 20.9 Å². The molecule has 7 heteroatoms. The van der Waals surface area contributed by atoms with Gasteiger partial charge in [-0.2, -0.15) is 0 Å². The number of amides is 1. The van der Waals surface area contributed by atoms with Crippen LogP contribution in [0.1, 0.15) is 53.4 Å². The van der Waals surface area contributed by atoms with E-state index < -0.39 is 0 Å². The molecule has 6 nitrogen and oxygen atoms in total. The van der Waals surface area contributed by atoms with Gasteiger partial charge in [0.1, 0.15) is 0 Å². The number of hydrogen-bond donors (Lipinski definition) is 4. The zero-order valence-corrected chi connectivity index (χ0v) is 17.8. The number of aliphatic hydroxyl groups excluding tert-OH is 1. The molecule has 0 saturated heterocycles. The summed E-state index contributed by atoms with van der Waals surface area (Å²) in [5.41, 5.74) is 0. The topological polar surface area (TPSA) is 85.8 Å². The van der Waals surface area contributed by atoms with Crippen LogP contribution < -0.4 is 16.0 Å². The monoisotopic (exact) mass is 454 g/mol. The molecule has 1 amide bonds. The minimum Gasteiger partial charge on any atom is -0.396 e. The van der Waals surface area contributed by atoms with Crippen molar-refractivity contribution >= 4 is 35.8 Å². The van der Waals surface area contributed by atoms with Gasteiger partial charge in [0.2, 0.25) is 5.91 Å². The minimum atomic E-state index is 0. The van der Waals surface area contributed by atoms with Gasteiger partial charge < -0.3 is 21.1 Å². The summed E-state index contributed by atoms with van der Waals surface area (Å²) in [5.74, 6) is 1.19. The van der Waals surface area contributed by atoms with Gasteiger partial charge in [0, 0.05) is 37.7 Å². The van der Waals surface area contributed by atoms with Crippen LogP contribution in [-0.4, -0.2) is 48.8 Å². The molecule has 1 rings (SSSR count). The first kappa shape index (κ1) is 23.4. The van der Waals surface area contributed by atoms with Crippen LogP contribution in [0, 0.1) is 11.8 Å². The second-order valence-corrected chi connectivity index (χ2v) is 6.88. The third-order valence-electron chi connectivity index (χ3n) is 4.03. The van der Waals surface area contributed by atoms with Crippen LogP contribution >= 0.6 is 24.0 Å². The van der Waals surface area contributed by atoms with Crippen LogP contribution in [0.5, 0.6) is 0 Å². The van der Waals surface area contributed by atoms with Crippen molar-refractivity contribution in [3.8, 4) is 0 Å². The highest BCUT2D eigenvalue weighted by Crippen LogP contribution is 2.24. The number of hydrogen-bond acceptors (Lipinski definition) is 3. The zero-order chi connectivity index (χ0) is 17.2. The first-order valence-electron chi connectivity index (χ1n) is 8.92. The van der Waals surface area contributed by atoms with E-state index in [-0.39, 0.29) is 60.4 Å². The van der Waals surface area contributed by atoms with Crippen molar-refractivity contribution in [1.29, 1.82) is 0 Å². The molecule has 0 aromatic heterocycles. The molecule has 1 fully saturated rings. The van der Waals surface area contributed by atoms with E-state index in [1.54, 1.807) is 0 Å². The summed E-state index contributed by atoms with van der Waals surface area (Å²) < 4.78 is 0. The summed E-state index contributed by atoms with van der Waals surface area (Å²) in [6, 6.07) is 0.462. The van der Waals surface area contributed by atoms with Crippen LogP contribution in [0.4, 0.5) is 0 Å². The molecule has 3 atom stereocenters. The fourth-order valence-electron chi connectivity index (χ4n) is 2.78. The maximum atomic E-state index is 12.2. The van der Waals surface area contributed by atoms with Crippen LogP contribution in [0.15, 0.2) is 4.99 Å². The molecule has 0 aromatic rings. The molecule has 0 spiro atoms. The lowest BCUT2D eigenvalue weighted by Crippen LogP contribution is -2.47. The summed E-state index contributed by atoms with van der Waals surface area (Å²) in [7, 11) is 0. The average Bonchev–Trinajstić information content (AvgIpc) is 2.52. The van der Waals surface area contributed by atoms with Gasteiger partial charge in [0.15, 0.2) is 5.96 Å². The number of rotatable bonds is 7. The second kappa shape index (κ2) is 12.7. The first-order valence-corrected chi connectivity index (χ1v) is 8.92. The van der Waals surface area contributed by atoms with E-state index in [0.29, 0.717) is 6.54 Å². The van der Waals surface area contributed by atoms with Crippen molar-refractivity contribution < 1.29 is 9.90 Å². The number of nitrogens with zero attached hydrogens (tertiary/aromatic N) is 1. The van der Waals surface area contributed by atoms with Gasteiger partial charge in [0.05, 0.1) is 0 Å². The van der Waals surface area contributed by atoms with Gasteiger partial charge in [-0.1, -0.05) is 13.3 Å². The number of nitrogens with one attached hydrogen (secondary N) is 3. The normalized spacial score (nSPS) is 22.5. The maximum absolute atomic E-state index is 12.2. The lowest BCUT2D eigenvalue weighted by atomic mass is 9.85. The smallest absolute Gasteiger partial charge is 0.223 e. The summed E-state index contributed by atoms with van der Waals surface area (Å²) in [5, 5.41) is 18.8. The SMILES string of the molecule is CCNC(=NCC(C)CO)NC1CCCC(C(=O)NC(C)C)C1.I. The van der Waals surface area contributed by atoms with Crippen LogP contribution in [0.2, 0.25) is 0 Å². The average molecular weight is 454 g/mol. The second-order valence-electron chi connectivity index (χ2n) is 6.88. The Bertz CT molecular complexity index is 391. The minimum absolute atomic E-state index is 0. The largest absolute Gasteiger partial charge is 0.396 e. The molecule has 0 heterocycles. The predicted octanol–water partition coefficient (Wildman–Crippen LogP) is 1.87. The molecular formula is C17H35IN4O2. The Kier molecular flexibility index (Phi) is 12.4. The molecule has 4 N–H and O–H groups in total. The molecule has 1 saturated carbocycles. The number of carbonyl (C=O) groups excluding carboxylic acids is 1. The van der Waals surface area contributed by atoms with Crippen LogP contribution in [0.25, 0.3) is 0 Å². The highest BCUT2D eigenvalue weighted by molar-refractivity contribution is 14.0. The Balaban J connectivity index is 0.00000529. The van der Waals surface area contributed by atoms with Crippen molar-refractivity contribution in [3.63, 3.8) is 0 Å². The summed E-state index contributed by atoms with van der Waals surface area (Å²) in [6.45, 7) is 9.53. The van der Waals surface area contributed by atoms with Gasteiger partial charge in [-0.15, -0.1) is 24.0 Å². The molecule has 24 heavy (non-hydrogen) atoms. The van der Waals surface area contributed by atoms with E-state index >= 15 is 0 Å². The highest BCUT2D eigenvalue weighted by Gasteiger charge is 2.27. The van der Waals surface area contributed by atoms with E-state index in [9.17, 15) is 4.79 Å². The van der Waals surface area contributed by atoms with Gasteiger partial charge in [-0.05, 0) is 46.0 Å². The Labute approximate surface area is 163 Å². The lowest BCUT2D eigenvalue weighted by molar-refractivity contribution is -0.126. The van der Waals surface area contributed by atoms with E-state index in [4.69, 9.17) is 5.11 Å². The third-order valence-corrected chi connectivity index (χ3v) is 4.03. The molecule has 1 aliphatic rings. The van der Waals surface area contributed by atoms with Crippen molar-refractivity contribution in [1.82, 2.24) is 16.0 Å². The van der Waals surface area contributed by atoms with Gasteiger partial charge in [0.25, 0.3) is 0 Å². The molecule has 0 bridgehead atoms. The molecule has 0 radical (unpaired) electrons. The standard InChI is InChI=1S/C17H34N4O2.HI/c1-5-18-17(19-10-13(4)11-22)21-15-8-6-7-14(9-15)16(23)20-12(2)3;/h12-15,22H,5-11H2,1-4H3,(H,20,23)(H2,18,19,21);1H. The predicted molar refractivity (Wildman–Crippen MR) is 110 cm³/mol. The van der Waals surface area contributed by atoms with Gasteiger partial charge >= 0.3 is 0 Å². The van der Waals surface area contributed by atoms with E-state index in [1.807, 2.05) is 27.7 Å². The first-order chi connectivity index (χ1) is 11.0. The van der Waals surface area contributed by atoms with Gasteiger partial charge in [-0.3, -0.25) is 9.79 Å². The fraction of sp³-hybridized carbons (Fsp3) is 0.882. The lowest BCUT2D eigenvalue weighted by Gasteiger charge is -2.30. The van der Waals surface area contributed by atoms with Crippen molar-refractivity contribution in [2.45, 2.75) is 65.5 Å². The van der Waals surface area contributed by atoms with Crippen LogP contribution in [-0.2, 0) is 4.79 Å². The number of aliphatic hydroxyl groups is 1. The highest BCUT2D eigenvalue weighted by atomic mass is 127. The van der Waals surface area contributed by atoms with E-state index in [0.717, 1.165) is 38.2 Å². The van der Waals surface area contributed by atoms with Crippen LogP contribution in [0.3, 0.4) is 0 Å². The zero-order valence-electron chi connectivity index (χ0n) is 15.5. The van der Waals surface area contributed by atoms with Gasteiger partial charge in [-0.25, -0.2) is 0 Å². The number of aliphatic imine (C=N–C) groups is 1. The van der Waals surface area contributed by atoms with Crippen molar-refractivity contribution in [2.24, 2.45) is 16.8 Å². The molecule has 1 aliphatic carbocycles. The maximum Gasteiger partial charge on any atom is 0.223 e. The number of guanidine groups is 1. The number of halogens is 1.